The fraction of sp³-hybridized carbons (Fsp3) is 0.714. The molecule has 1 saturated heterocycles. The highest BCUT2D eigenvalue weighted by molar-refractivity contribution is 14.1. The maximum absolute atomic E-state index is 5.48. The first kappa shape index (κ1) is 8.43. The van der Waals surface area contributed by atoms with Crippen molar-refractivity contribution in [3.63, 3.8) is 0 Å². The minimum Gasteiger partial charge on any atom is -0.368 e. The Bertz CT molecular complexity index is 258. The summed E-state index contributed by atoms with van der Waals surface area (Å²) < 4.78 is 11.1. The molecule has 0 aromatic carbocycles. The second-order valence-electron chi connectivity index (χ2n) is 2.76. The van der Waals surface area contributed by atoms with Crippen molar-refractivity contribution in [2.75, 3.05) is 6.61 Å². The molecule has 0 saturated carbocycles. The minimum atomic E-state index is 0.0368. The lowest BCUT2D eigenvalue weighted by molar-refractivity contribution is -0.00459. The van der Waals surface area contributed by atoms with Crippen molar-refractivity contribution in [3.8, 4) is 0 Å². The average Bonchev–Trinajstić information content (AvgIpc) is 2.54. The Morgan fingerprint density at radius 1 is 1.42 bits per heavy atom. The topological polar surface area (TPSA) is 48.2 Å². The molecule has 0 radical (unpaired) electrons. The second-order valence-corrected chi connectivity index (χ2v) is 3.72. The highest BCUT2D eigenvalue weighted by atomic mass is 127. The van der Waals surface area contributed by atoms with Crippen LogP contribution in [0.4, 0.5) is 0 Å². The van der Waals surface area contributed by atoms with Gasteiger partial charge in [0.15, 0.2) is 0 Å². The zero-order chi connectivity index (χ0) is 8.39. The number of aromatic nitrogens is 2. The first-order valence-corrected chi connectivity index (χ1v) is 5.05. The van der Waals surface area contributed by atoms with Crippen molar-refractivity contribution in [2.24, 2.45) is 0 Å². The molecule has 0 aliphatic carbocycles. The maximum Gasteiger partial charge on any atom is 0.256 e. The molecule has 1 atom stereocenters. The zero-order valence-corrected chi connectivity index (χ0v) is 8.65. The fourth-order valence-corrected chi connectivity index (χ4v) is 1.62. The Morgan fingerprint density at radius 3 is 2.92 bits per heavy atom. The van der Waals surface area contributed by atoms with Crippen molar-refractivity contribution in [2.45, 2.75) is 25.4 Å². The maximum atomic E-state index is 5.48. The van der Waals surface area contributed by atoms with Gasteiger partial charge in [-0.1, -0.05) is 5.16 Å². The van der Waals surface area contributed by atoms with E-state index in [-0.39, 0.29) is 6.10 Å². The van der Waals surface area contributed by atoms with Crippen molar-refractivity contribution in [3.05, 3.63) is 9.72 Å². The number of rotatable bonds is 1. The van der Waals surface area contributed by atoms with E-state index in [4.69, 9.17) is 9.26 Å². The average molecular weight is 280 g/mol. The minimum absolute atomic E-state index is 0.0368. The molecule has 1 unspecified atom stereocenters. The molecule has 2 heterocycles. The Labute approximate surface area is 83.8 Å². The van der Waals surface area contributed by atoms with Crippen LogP contribution >= 0.6 is 22.6 Å². The van der Waals surface area contributed by atoms with E-state index >= 15 is 0 Å². The van der Waals surface area contributed by atoms with Crippen LogP contribution in [0, 0.1) is 3.83 Å². The van der Waals surface area contributed by atoms with Crippen LogP contribution in [0.1, 0.15) is 31.3 Å². The van der Waals surface area contributed by atoms with Gasteiger partial charge < -0.3 is 9.26 Å². The van der Waals surface area contributed by atoms with Gasteiger partial charge in [-0.3, -0.25) is 0 Å². The lowest BCUT2D eigenvalue weighted by atomic mass is 10.1. The predicted octanol–water partition coefficient (Wildman–Crippen LogP) is 1.92. The standard InChI is InChI=1S/C7H9IN2O2/c8-7-9-6(12-10-7)5-3-1-2-4-11-5/h5H,1-4H2. The van der Waals surface area contributed by atoms with Crippen LogP contribution in [-0.2, 0) is 4.74 Å². The van der Waals surface area contributed by atoms with Gasteiger partial charge in [-0.15, -0.1) is 0 Å². The third-order valence-corrected chi connectivity index (χ3v) is 2.31. The molecule has 5 heteroatoms. The lowest BCUT2D eigenvalue weighted by Gasteiger charge is -2.18. The second kappa shape index (κ2) is 3.69. The molecule has 1 aromatic rings. The number of hydrogen-bond donors (Lipinski definition) is 0. The van der Waals surface area contributed by atoms with Gasteiger partial charge in [-0.25, -0.2) is 0 Å². The van der Waals surface area contributed by atoms with Gasteiger partial charge in [0.25, 0.3) is 5.89 Å². The van der Waals surface area contributed by atoms with E-state index in [1.165, 1.54) is 6.42 Å². The van der Waals surface area contributed by atoms with Crippen LogP contribution in [0.2, 0.25) is 0 Å². The van der Waals surface area contributed by atoms with E-state index in [9.17, 15) is 0 Å². The van der Waals surface area contributed by atoms with Crippen molar-refractivity contribution < 1.29 is 9.26 Å². The first-order valence-electron chi connectivity index (χ1n) is 3.97. The number of nitrogens with zero attached hydrogens (tertiary/aromatic N) is 2. The summed E-state index contributed by atoms with van der Waals surface area (Å²) in [6.45, 7) is 0.809. The summed E-state index contributed by atoms with van der Waals surface area (Å²) in [5, 5.41) is 3.71. The van der Waals surface area contributed by atoms with Crippen molar-refractivity contribution >= 4 is 22.6 Å². The predicted molar refractivity (Wildman–Crippen MR) is 49.6 cm³/mol. The molecule has 1 aliphatic rings. The van der Waals surface area contributed by atoms with E-state index < -0.39 is 0 Å². The zero-order valence-electron chi connectivity index (χ0n) is 6.49. The molecule has 0 bridgehead atoms. The highest BCUT2D eigenvalue weighted by Crippen LogP contribution is 2.26. The Morgan fingerprint density at radius 2 is 2.33 bits per heavy atom. The SMILES string of the molecule is Ic1noc(C2CCCCO2)n1. The van der Waals surface area contributed by atoms with Crippen LogP contribution in [0.25, 0.3) is 0 Å². The summed E-state index contributed by atoms with van der Waals surface area (Å²) in [7, 11) is 0. The molecule has 0 amide bonds. The molecular formula is C7H9IN2O2. The molecule has 2 rings (SSSR count). The smallest absolute Gasteiger partial charge is 0.256 e. The number of ether oxygens (including phenoxy) is 1. The summed E-state index contributed by atoms with van der Waals surface area (Å²) in [5.41, 5.74) is 0. The van der Waals surface area contributed by atoms with Crippen LogP contribution < -0.4 is 0 Å². The lowest BCUT2D eigenvalue weighted by Crippen LogP contribution is -2.11. The van der Waals surface area contributed by atoms with Crippen molar-refractivity contribution in [1.29, 1.82) is 0 Å². The molecule has 1 fully saturated rings. The van der Waals surface area contributed by atoms with E-state index in [1.807, 2.05) is 22.6 Å². The summed E-state index contributed by atoms with van der Waals surface area (Å²) >= 11 is 2.03. The van der Waals surface area contributed by atoms with Gasteiger partial charge in [0, 0.05) is 29.2 Å². The molecule has 0 spiro atoms. The van der Waals surface area contributed by atoms with Gasteiger partial charge in [0.05, 0.1) is 0 Å². The van der Waals surface area contributed by atoms with E-state index in [0.29, 0.717) is 9.72 Å². The monoisotopic (exact) mass is 280 g/mol. The first-order chi connectivity index (χ1) is 5.86. The third kappa shape index (κ3) is 1.77. The Kier molecular flexibility index (Phi) is 2.60. The van der Waals surface area contributed by atoms with Gasteiger partial charge in [-0.05, 0) is 19.3 Å². The van der Waals surface area contributed by atoms with E-state index in [1.54, 1.807) is 0 Å². The third-order valence-electron chi connectivity index (χ3n) is 1.87. The molecule has 1 aliphatic heterocycles. The number of hydrogen-bond acceptors (Lipinski definition) is 4. The molecule has 0 N–H and O–H groups in total. The fourth-order valence-electron chi connectivity index (χ4n) is 1.28. The Balaban J connectivity index is 2.08. The summed E-state index contributed by atoms with van der Waals surface area (Å²) in [6.07, 6.45) is 3.36. The van der Waals surface area contributed by atoms with Crippen molar-refractivity contribution in [1.82, 2.24) is 10.1 Å². The van der Waals surface area contributed by atoms with Gasteiger partial charge >= 0.3 is 0 Å². The number of halogens is 1. The normalized spacial score (nSPS) is 24.2. The van der Waals surface area contributed by atoms with Crippen LogP contribution in [0.5, 0.6) is 0 Å². The van der Waals surface area contributed by atoms with Crippen LogP contribution in [-0.4, -0.2) is 16.7 Å². The summed E-state index contributed by atoms with van der Waals surface area (Å²) in [4.78, 5) is 4.12. The summed E-state index contributed by atoms with van der Waals surface area (Å²) in [6, 6.07) is 0. The van der Waals surface area contributed by atoms with Gasteiger partial charge in [-0.2, -0.15) is 4.98 Å². The molecule has 4 nitrogen and oxygen atoms in total. The highest BCUT2D eigenvalue weighted by Gasteiger charge is 2.21. The summed E-state index contributed by atoms with van der Waals surface area (Å²) in [5.74, 6) is 0.624. The van der Waals surface area contributed by atoms with E-state index in [0.717, 1.165) is 19.4 Å². The quantitative estimate of drug-likeness (QED) is 0.737. The molecule has 1 aromatic heterocycles. The van der Waals surface area contributed by atoms with Crippen LogP contribution in [0.3, 0.4) is 0 Å². The van der Waals surface area contributed by atoms with Crippen LogP contribution in [0.15, 0.2) is 4.52 Å². The molecular weight excluding hydrogens is 271 g/mol. The van der Waals surface area contributed by atoms with Gasteiger partial charge in [0.1, 0.15) is 6.10 Å². The molecule has 66 valence electrons. The largest absolute Gasteiger partial charge is 0.368 e. The Hall–Kier alpha value is -0.170. The molecule has 12 heavy (non-hydrogen) atoms. The van der Waals surface area contributed by atoms with Gasteiger partial charge in [0.2, 0.25) is 3.83 Å². The van der Waals surface area contributed by atoms with E-state index in [2.05, 4.69) is 10.1 Å².